The Bertz CT molecular complexity index is 1060. The van der Waals surface area contributed by atoms with E-state index in [1.165, 1.54) is 11.3 Å². The third-order valence-corrected chi connectivity index (χ3v) is 4.41. The first-order valence-corrected chi connectivity index (χ1v) is 7.55. The van der Waals surface area contributed by atoms with E-state index >= 15 is 0 Å². The summed E-state index contributed by atoms with van der Waals surface area (Å²) in [6.07, 6.45) is 3.30. The van der Waals surface area contributed by atoms with Crippen LogP contribution in [0, 0.1) is 6.92 Å². The molecule has 3 aromatic heterocycles. The first kappa shape index (κ1) is 13.0. The normalized spacial score (nSPS) is 12.3. The van der Waals surface area contributed by atoms with Crippen LogP contribution in [0.3, 0.4) is 0 Å². The van der Waals surface area contributed by atoms with Gasteiger partial charge < -0.3 is 4.42 Å². The highest BCUT2D eigenvalue weighted by molar-refractivity contribution is 7.15. The SMILES string of the molecule is Cc1ccccc1-c1nnc2sc(=Cc3ccco3)c(=O)n12. The number of nitrogens with zero attached hydrogens (tertiary/aromatic N) is 3. The van der Waals surface area contributed by atoms with Crippen LogP contribution in [0.4, 0.5) is 0 Å². The fraction of sp³-hybridized carbons (Fsp3) is 0.0625. The standard InChI is InChI=1S/C16H11N3O2S/c1-10-5-2-3-7-12(10)14-17-18-16-19(14)15(20)13(22-16)9-11-6-4-8-21-11/h2-9H,1H3. The predicted molar refractivity (Wildman–Crippen MR) is 84.8 cm³/mol. The molecular formula is C16H11N3O2S. The molecule has 0 saturated heterocycles. The molecule has 4 rings (SSSR count). The van der Waals surface area contributed by atoms with Crippen LogP contribution in [-0.4, -0.2) is 14.6 Å². The number of thiazole rings is 1. The van der Waals surface area contributed by atoms with E-state index in [9.17, 15) is 4.79 Å². The molecule has 0 radical (unpaired) electrons. The Morgan fingerprint density at radius 3 is 2.82 bits per heavy atom. The van der Waals surface area contributed by atoms with E-state index in [1.807, 2.05) is 37.3 Å². The molecule has 0 amide bonds. The number of rotatable bonds is 2. The molecule has 4 aromatic rings. The van der Waals surface area contributed by atoms with E-state index in [0.717, 1.165) is 11.1 Å². The van der Waals surface area contributed by atoms with Crippen molar-refractivity contribution in [2.24, 2.45) is 0 Å². The fourth-order valence-electron chi connectivity index (χ4n) is 2.36. The smallest absolute Gasteiger partial charge is 0.276 e. The number of benzene rings is 1. The number of fused-ring (bicyclic) bond motifs is 1. The summed E-state index contributed by atoms with van der Waals surface area (Å²) >= 11 is 1.30. The summed E-state index contributed by atoms with van der Waals surface area (Å²) < 4.78 is 7.40. The van der Waals surface area contributed by atoms with E-state index in [2.05, 4.69) is 10.2 Å². The molecule has 1 aromatic carbocycles. The van der Waals surface area contributed by atoms with Gasteiger partial charge in [0.05, 0.1) is 6.26 Å². The van der Waals surface area contributed by atoms with Crippen LogP contribution in [0.5, 0.6) is 0 Å². The van der Waals surface area contributed by atoms with E-state index in [-0.39, 0.29) is 5.56 Å². The molecule has 0 bridgehead atoms. The molecule has 6 heteroatoms. The summed E-state index contributed by atoms with van der Waals surface area (Å²) in [5, 5.41) is 8.30. The quantitative estimate of drug-likeness (QED) is 0.570. The van der Waals surface area contributed by atoms with Gasteiger partial charge in [-0.1, -0.05) is 35.6 Å². The lowest BCUT2D eigenvalue weighted by molar-refractivity contribution is 0.556. The molecule has 0 unspecified atom stereocenters. The Labute approximate surface area is 129 Å². The monoisotopic (exact) mass is 309 g/mol. The van der Waals surface area contributed by atoms with Gasteiger partial charge in [0.15, 0.2) is 5.82 Å². The maximum Gasteiger partial charge on any atom is 0.276 e. The van der Waals surface area contributed by atoms with Crippen molar-refractivity contribution in [2.75, 3.05) is 0 Å². The van der Waals surface area contributed by atoms with Gasteiger partial charge in [0.2, 0.25) is 4.96 Å². The topological polar surface area (TPSA) is 60.4 Å². The number of hydrogen-bond donors (Lipinski definition) is 0. The second kappa shape index (κ2) is 4.92. The molecule has 0 aliphatic rings. The summed E-state index contributed by atoms with van der Waals surface area (Å²) in [6, 6.07) is 11.4. The highest BCUT2D eigenvalue weighted by atomic mass is 32.1. The molecule has 108 valence electrons. The van der Waals surface area contributed by atoms with E-state index in [0.29, 0.717) is 21.1 Å². The Balaban J connectivity index is 1.99. The van der Waals surface area contributed by atoms with Gasteiger partial charge in [-0.15, -0.1) is 10.2 Å². The number of hydrogen-bond acceptors (Lipinski definition) is 5. The maximum atomic E-state index is 12.6. The van der Waals surface area contributed by atoms with Crippen molar-refractivity contribution in [1.29, 1.82) is 0 Å². The third kappa shape index (κ3) is 1.96. The van der Waals surface area contributed by atoms with E-state index in [1.54, 1.807) is 22.8 Å². The Morgan fingerprint density at radius 2 is 2.05 bits per heavy atom. The van der Waals surface area contributed by atoms with Crippen molar-refractivity contribution in [2.45, 2.75) is 6.92 Å². The van der Waals surface area contributed by atoms with Crippen LogP contribution in [-0.2, 0) is 0 Å². The van der Waals surface area contributed by atoms with Crippen LogP contribution < -0.4 is 10.1 Å². The van der Waals surface area contributed by atoms with E-state index < -0.39 is 0 Å². The van der Waals surface area contributed by atoms with Crippen LogP contribution in [0.25, 0.3) is 22.4 Å². The van der Waals surface area contributed by atoms with Crippen molar-refractivity contribution in [3.8, 4) is 11.4 Å². The van der Waals surface area contributed by atoms with Crippen molar-refractivity contribution in [3.63, 3.8) is 0 Å². The lowest BCUT2D eigenvalue weighted by atomic mass is 10.1. The molecule has 0 N–H and O–H groups in total. The van der Waals surface area contributed by atoms with Crippen LogP contribution in [0.15, 0.2) is 51.9 Å². The highest BCUT2D eigenvalue weighted by Gasteiger charge is 2.15. The first-order chi connectivity index (χ1) is 10.7. The van der Waals surface area contributed by atoms with Crippen molar-refractivity contribution in [3.05, 3.63) is 68.9 Å². The zero-order valence-electron chi connectivity index (χ0n) is 11.7. The Morgan fingerprint density at radius 1 is 1.18 bits per heavy atom. The number of aryl methyl sites for hydroxylation is 1. The summed E-state index contributed by atoms with van der Waals surface area (Å²) in [4.78, 5) is 13.2. The van der Waals surface area contributed by atoms with Crippen molar-refractivity contribution >= 4 is 22.4 Å². The minimum atomic E-state index is -0.125. The van der Waals surface area contributed by atoms with Gasteiger partial charge in [0, 0.05) is 11.6 Å². The predicted octanol–water partition coefficient (Wildman–Crippen LogP) is 2.27. The fourth-order valence-corrected chi connectivity index (χ4v) is 3.26. The molecule has 0 fully saturated rings. The van der Waals surface area contributed by atoms with Crippen LogP contribution in [0.2, 0.25) is 0 Å². The van der Waals surface area contributed by atoms with Gasteiger partial charge in [-0.3, -0.25) is 4.79 Å². The van der Waals surface area contributed by atoms with Gasteiger partial charge in [-0.2, -0.15) is 0 Å². The Hall–Kier alpha value is -2.73. The van der Waals surface area contributed by atoms with Gasteiger partial charge >= 0.3 is 0 Å². The van der Waals surface area contributed by atoms with Crippen molar-refractivity contribution < 1.29 is 4.42 Å². The van der Waals surface area contributed by atoms with Crippen LogP contribution in [0.1, 0.15) is 11.3 Å². The average Bonchev–Trinajstić information content (AvgIpc) is 3.21. The van der Waals surface area contributed by atoms with Crippen molar-refractivity contribution in [1.82, 2.24) is 14.6 Å². The minimum Gasteiger partial charge on any atom is -0.465 e. The van der Waals surface area contributed by atoms with Gasteiger partial charge in [-0.05, 0) is 24.6 Å². The Kier molecular flexibility index (Phi) is 2.90. The number of furan rings is 1. The lowest BCUT2D eigenvalue weighted by Crippen LogP contribution is -2.23. The maximum absolute atomic E-state index is 12.6. The molecule has 0 spiro atoms. The molecule has 3 heterocycles. The molecular weight excluding hydrogens is 298 g/mol. The second-order valence-corrected chi connectivity index (χ2v) is 5.90. The van der Waals surface area contributed by atoms with Gasteiger partial charge in [0.25, 0.3) is 5.56 Å². The van der Waals surface area contributed by atoms with Gasteiger partial charge in [-0.25, -0.2) is 4.40 Å². The molecule has 0 aliphatic heterocycles. The molecule has 5 nitrogen and oxygen atoms in total. The largest absolute Gasteiger partial charge is 0.465 e. The summed E-state index contributed by atoms with van der Waals surface area (Å²) in [5.41, 5.74) is 1.84. The molecule has 0 saturated carbocycles. The minimum absolute atomic E-state index is 0.125. The molecule has 0 atom stereocenters. The van der Waals surface area contributed by atoms with E-state index in [4.69, 9.17) is 4.42 Å². The zero-order valence-corrected chi connectivity index (χ0v) is 12.5. The second-order valence-electron chi connectivity index (χ2n) is 4.89. The zero-order chi connectivity index (χ0) is 15.1. The number of aromatic nitrogens is 3. The molecule has 22 heavy (non-hydrogen) atoms. The summed E-state index contributed by atoms with van der Waals surface area (Å²) in [5.74, 6) is 1.22. The van der Waals surface area contributed by atoms with Gasteiger partial charge in [0.1, 0.15) is 10.3 Å². The lowest BCUT2D eigenvalue weighted by Gasteiger charge is -2.00. The summed E-state index contributed by atoms with van der Waals surface area (Å²) in [7, 11) is 0. The van der Waals surface area contributed by atoms with Crippen LogP contribution >= 0.6 is 11.3 Å². The molecule has 0 aliphatic carbocycles. The third-order valence-electron chi connectivity index (χ3n) is 3.45. The highest BCUT2D eigenvalue weighted by Crippen LogP contribution is 2.21. The first-order valence-electron chi connectivity index (χ1n) is 6.73. The summed E-state index contributed by atoms with van der Waals surface area (Å²) in [6.45, 7) is 1.99. The average molecular weight is 309 g/mol.